The summed E-state index contributed by atoms with van der Waals surface area (Å²) in [5.41, 5.74) is 2.10. The van der Waals surface area contributed by atoms with Crippen LogP contribution in [0.1, 0.15) is 10.4 Å². The van der Waals surface area contributed by atoms with Crippen LogP contribution < -0.4 is 11.3 Å². The summed E-state index contributed by atoms with van der Waals surface area (Å²) in [6.07, 6.45) is 1.05. The average molecular weight is 316 g/mol. The van der Waals surface area contributed by atoms with Gasteiger partial charge in [-0.05, 0) is 12.1 Å². The number of amides is 1. The van der Waals surface area contributed by atoms with Gasteiger partial charge in [-0.2, -0.15) is 0 Å². The number of nitro groups is 1. The maximum atomic E-state index is 12.2. The summed E-state index contributed by atoms with van der Waals surface area (Å²) in [7, 11) is -1.86. The van der Waals surface area contributed by atoms with Gasteiger partial charge in [-0.25, -0.2) is 8.42 Å². The summed E-state index contributed by atoms with van der Waals surface area (Å²) in [4.78, 5) is 23.6. The minimum absolute atomic E-state index is 0.0604. The van der Waals surface area contributed by atoms with Crippen molar-refractivity contribution in [2.45, 2.75) is 0 Å². The fraction of sp³-hybridized carbons (Fsp3) is 0.364. The summed E-state index contributed by atoms with van der Waals surface area (Å²) in [5.74, 6) is 4.34. The van der Waals surface area contributed by atoms with Gasteiger partial charge in [-0.3, -0.25) is 20.8 Å². The smallest absolute Gasteiger partial charge is 0.282 e. The van der Waals surface area contributed by atoms with Crippen LogP contribution in [0.2, 0.25) is 0 Å². The van der Waals surface area contributed by atoms with Crippen molar-refractivity contribution in [3.63, 3.8) is 0 Å². The molecule has 0 saturated carbocycles. The van der Waals surface area contributed by atoms with E-state index < -0.39 is 20.7 Å². The number of benzene rings is 1. The number of anilines is 1. The maximum Gasteiger partial charge on any atom is 0.282 e. The van der Waals surface area contributed by atoms with Crippen molar-refractivity contribution in [1.29, 1.82) is 0 Å². The van der Waals surface area contributed by atoms with Gasteiger partial charge in [0.1, 0.15) is 15.4 Å². The molecule has 0 heterocycles. The Hall–Kier alpha value is -2.20. The highest BCUT2D eigenvalue weighted by molar-refractivity contribution is 7.90. The molecule has 0 aliphatic heterocycles. The van der Waals surface area contributed by atoms with Gasteiger partial charge in [0.05, 0.1) is 10.7 Å². The van der Waals surface area contributed by atoms with Gasteiger partial charge in [0, 0.05) is 31.6 Å². The van der Waals surface area contributed by atoms with Crippen molar-refractivity contribution >= 4 is 27.1 Å². The second-order valence-electron chi connectivity index (χ2n) is 4.49. The minimum atomic E-state index is -3.23. The summed E-state index contributed by atoms with van der Waals surface area (Å²) in [6, 6.07) is 3.77. The standard InChI is InChI=1S/C11H16N4O5S/c1-14(5-6-21(2,19)20)11(16)9-7-8(13-12)3-4-10(9)15(17)18/h3-4,7,13H,5-6,12H2,1-2H3. The molecular formula is C11H16N4O5S. The lowest BCUT2D eigenvalue weighted by molar-refractivity contribution is -0.385. The zero-order valence-electron chi connectivity index (χ0n) is 11.6. The van der Waals surface area contributed by atoms with Gasteiger partial charge < -0.3 is 10.3 Å². The van der Waals surface area contributed by atoms with E-state index >= 15 is 0 Å². The van der Waals surface area contributed by atoms with E-state index in [1.54, 1.807) is 0 Å². The Kier molecular flexibility index (Phi) is 5.22. The molecule has 9 nitrogen and oxygen atoms in total. The number of sulfone groups is 1. The van der Waals surface area contributed by atoms with E-state index in [1.165, 1.54) is 19.2 Å². The Morgan fingerprint density at radius 2 is 2.10 bits per heavy atom. The largest absolute Gasteiger partial charge is 0.340 e. The highest BCUT2D eigenvalue weighted by Crippen LogP contribution is 2.23. The third-order valence-electron chi connectivity index (χ3n) is 2.73. The summed E-state index contributed by atoms with van der Waals surface area (Å²) in [5, 5.41) is 11.0. The number of hydrazine groups is 1. The minimum Gasteiger partial charge on any atom is -0.340 e. The van der Waals surface area contributed by atoms with E-state index in [-0.39, 0.29) is 23.5 Å². The Labute approximate surface area is 121 Å². The SMILES string of the molecule is CN(CCS(C)(=O)=O)C(=O)c1cc(NN)ccc1[N+](=O)[O-]. The number of nitrogen functional groups attached to an aromatic ring is 1. The lowest BCUT2D eigenvalue weighted by Crippen LogP contribution is -2.32. The third kappa shape index (κ3) is 4.68. The Bertz CT molecular complexity index is 659. The predicted octanol–water partition coefficient (Wildman–Crippen LogP) is -0.00300. The van der Waals surface area contributed by atoms with E-state index in [2.05, 4.69) is 5.43 Å². The number of nitrogens with one attached hydrogen (secondary N) is 1. The van der Waals surface area contributed by atoms with Gasteiger partial charge in [0.25, 0.3) is 11.6 Å². The van der Waals surface area contributed by atoms with Crippen molar-refractivity contribution in [3.8, 4) is 0 Å². The number of carbonyl (C=O) groups is 1. The lowest BCUT2D eigenvalue weighted by atomic mass is 10.1. The van der Waals surface area contributed by atoms with E-state index in [4.69, 9.17) is 5.84 Å². The van der Waals surface area contributed by atoms with Gasteiger partial charge in [0.15, 0.2) is 0 Å². The number of nitrogens with zero attached hydrogens (tertiary/aromatic N) is 2. The first-order valence-electron chi connectivity index (χ1n) is 5.84. The normalized spacial score (nSPS) is 11.0. The van der Waals surface area contributed by atoms with Crippen LogP contribution in [0.15, 0.2) is 18.2 Å². The molecule has 1 aromatic rings. The third-order valence-corrected chi connectivity index (χ3v) is 3.66. The number of rotatable bonds is 6. The molecule has 0 aliphatic carbocycles. The first kappa shape index (κ1) is 16.9. The molecule has 1 rings (SSSR count). The monoisotopic (exact) mass is 316 g/mol. The molecule has 116 valence electrons. The van der Waals surface area contributed by atoms with Gasteiger partial charge >= 0.3 is 0 Å². The number of nitrogens with two attached hydrogens (primary N) is 1. The molecule has 0 atom stereocenters. The second-order valence-corrected chi connectivity index (χ2v) is 6.75. The van der Waals surface area contributed by atoms with Crippen molar-refractivity contribution in [3.05, 3.63) is 33.9 Å². The predicted molar refractivity (Wildman–Crippen MR) is 77.6 cm³/mol. The average Bonchev–Trinajstić information content (AvgIpc) is 2.42. The van der Waals surface area contributed by atoms with Crippen molar-refractivity contribution in [2.24, 2.45) is 5.84 Å². The van der Waals surface area contributed by atoms with E-state index in [1.807, 2.05) is 0 Å². The van der Waals surface area contributed by atoms with E-state index in [0.29, 0.717) is 5.69 Å². The molecule has 0 spiro atoms. The van der Waals surface area contributed by atoms with Gasteiger partial charge in [-0.15, -0.1) is 0 Å². The van der Waals surface area contributed by atoms with Crippen LogP contribution in [0.25, 0.3) is 0 Å². The molecule has 0 bridgehead atoms. The van der Waals surface area contributed by atoms with Crippen molar-refractivity contribution in [2.75, 3.05) is 31.0 Å². The topological polar surface area (TPSA) is 136 Å². The number of carbonyl (C=O) groups excluding carboxylic acids is 1. The zero-order valence-corrected chi connectivity index (χ0v) is 12.4. The summed E-state index contributed by atoms with van der Waals surface area (Å²) < 4.78 is 22.2. The molecule has 1 aromatic carbocycles. The molecule has 0 saturated heterocycles. The highest BCUT2D eigenvalue weighted by atomic mass is 32.2. The molecule has 0 fully saturated rings. The first-order valence-corrected chi connectivity index (χ1v) is 7.90. The zero-order chi connectivity index (χ0) is 16.2. The van der Waals surface area contributed by atoms with Crippen LogP contribution in [-0.2, 0) is 9.84 Å². The number of hydrogen-bond donors (Lipinski definition) is 2. The van der Waals surface area contributed by atoms with Crippen LogP contribution in [-0.4, -0.2) is 49.7 Å². The van der Waals surface area contributed by atoms with Crippen LogP contribution in [0.5, 0.6) is 0 Å². The number of nitro benzene ring substituents is 1. The Morgan fingerprint density at radius 1 is 1.48 bits per heavy atom. The molecule has 0 unspecified atom stereocenters. The summed E-state index contributed by atoms with van der Waals surface area (Å²) in [6.45, 7) is -0.0604. The second kappa shape index (κ2) is 6.50. The fourth-order valence-electron chi connectivity index (χ4n) is 1.57. The quantitative estimate of drug-likeness (QED) is 0.428. The molecule has 3 N–H and O–H groups in total. The molecule has 0 aliphatic rings. The molecular weight excluding hydrogens is 300 g/mol. The van der Waals surface area contributed by atoms with Crippen LogP contribution in [0.3, 0.4) is 0 Å². The van der Waals surface area contributed by atoms with Crippen LogP contribution in [0.4, 0.5) is 11.4 Å². The molecule has 1 amide bonds. The van der Waals surface area contributed by atoms with E-state index in [9.17, 15) is 23.3 Å². The first-order chi connectivity index (χ1) is 9.65. The highest BCUT2D eigenvalue weighted by Gasteiger charge is 2.23. The van der Waals surface area contributed by atoms with Gasteiger partial charge in [-0.1, -0.05) is 0 Å². The number of hydrogen-bond acceptors (Lipinski definition) is 7. The van der Waals surface area contributed by atoms with Gasteiger partial charge in [0.2, 0.25) is 0 Å². The molecule has 0 aromatic heterocycles. The van der Waals surface area contributed by atoms with Crippen LogP contribution in [0, 0.1) is 10.1 Å². The Balaban J connectivity index is 3.07. The molecule has 21 heavy (non-hydrogen) atoms. The molecule has 0 radical (unpaired) electrons. The lowest BCUT2D eigenvalue weighted by Gasteiger charge is -2.17. The van der Waals surface area contributed by atoms with Crippen molar-refractivity contribution in [1.82, 2.24) is 4.90 Å². The van der Waals surface area contributed by atoms with Crippen LogP contribution >= 0.6 is 0 Å². The van der Waals surface area contributed by atoms with E-state index in [0.717, 1.165) is 17.2 Å². The summed E-state index contributed by atoms with van der Waals surface area (Å²) >= 11 is 0. The maximum absolute atomic E-state index is 12.2. The van der Waals surface area contributed by atoms with Crippen molar-refractivity contribution < 1.29 is 18.1 Å². The Morgan fingerprint density at radius 3 is 2.57 bits per heavy atom. The fourth-order valence-corrected chi connectivity index (χ4v) is 2.17. The molecule has 10 heteroatoms.